The second-order valence-corrected chi connectivity index (χ2v) is 5.71. The Kier molecular flexibility index (Phi) is 7.45. The van der Waals surface area contributed by atoms with Crippen molar-refractivity contribution in [2.75, 3.05) is 18.5 Å². The molecule has 140 valence electrons. The Labute approximate surface area is 160 Å². The topological polar surface area (TPSA) is 71.3 Å². The SMILES string of the molecule is CCOc1ccc(/C=C(\C#N)C(=O)Nc2ccccc2CC)cc1OCC. The summed E-state index contributed by atoms with van der Waals surface area (Å²) in [6.07, 6.45) is 2.33. The number of carbonyl (C=O) groups excluding carboxylic acids is 1. The Hall–Kier alpha value is -3.26. The third kappa shape index (κ3) is 5.35. The summed E-state index contributed by atoms with van der Waals surface area (Å²) in [5.74, 6) is 0.781. The molecule has 0 aromatic heterocycles. The molecule has 0 saturated carbocycles. The normalized spacial score (nSPS) is 10.8. The summed E-state index contributed by atoms with van der Waals surface area (Å²) in [6, 6.07) is 14.9. The highest BCUT2D eigenvalue weighted by atomic mass is 16.5. The van der Waals surface area contributed by atoms with E-state index < -0.39 is 5.91 Å². The lowest BCUT2D eigenvalue weighted by atomic mass is 10.1. The number of nitrogens with zero attached hydrogens (tertiary/aromatic N) is 1. The Balaban J connectivity index is 2.28. The number of carbonyl (C=O) groups is 1. The number of ether oxygens (including phenoxy) is 2. The number of hydrogen-bond donors (Lipinski definition) is 1. The molecule has 0 radical (unpaired) electrons. The molecular formula is C22H24N2O3. The van der Waals surface area contributed by atoms with Gasteiger partial charge in [-0.3, -0.25) is 4.79 Å². The molecule has 1 N–H and O–H groups in total. The first-order valence-corrected chi connectivity index (χ1v) is 9.03. The van der Waals surface area contributed by atoms with E-state index in [1.165, 1.54) is 0 Å². The average Bonchev–Trinajstić information content (AvgIpc) is 2.68. The van der Waals surface area contributed by atoms with Crippen LogP contribution in [0.2, 0.25) is 0 Å². The second-order valence-electron chi connectivity index (χ2n) is 5.71. The Morgan fingerprint density at radius 1 is 1.07 bits per heavy atom. The van der Waals surface area contributed by atoms with Crippen molar-refractivity contribution in [1.29, 1.82) is 5.26 Å². The fraction of sp³-hybridized carbons (Fsp3) is 0.273. The number of aryl methyl sites for hydroxylation is 1. The van der Waals surface area contributed by atoms with Gasteiger partial charge in [0.1, 0.15) is 11.6 Å². The fourth-order valence-corrected chi connectivity index (χ4v) is 2.61. The third-order valence-corrected chi connectivity index (χ3v) is 3.89. The van der Waals surface area contributed by atoms with Crippen LogP contribution in [-0.2, 0) is 11.2 Å². The van der Waals surface area contributed by atoms with Gasteiger partial charge >= 0.3 is 0 Å². The van der Waals surface area contributed by atoms with Crippen molar-refractivity contribution in [2.45, 2.75) is 27.2 Å². The van der Waals surface area contributed by atoms with Crippen molar-refractivity contribution in [3.05, 3.63) is 59.2 Å². The van der Waals surface area contributed by atoms with Crippen LogP contribution in [0.1, 0.15) is 31.9 Å². The van der Waals surface area contributed by atoms with Gasteiger partial charge in [0.05, 0.1) is 13.2 Å². The van der Waals surface area contributed by atoms with Crippen LogP contribution in [0.3, 0.4) is 0 Å². The Bertz CT molecular complexity index is 866. The largest absolute Gasteiger partial charge is 0.490 e. The van der Waals surface area contributed by atoms with E-state index in [0.29, 0.717) is 36.0 Å². The van der Waals surface area contributed by atoms with Crippen LogP contribution >= 0.6 is 0 Å². The van der Waals surface area contributed by atoms with Gasteiger partial charge in [-0.05, 0) is 55.7 Å². The molecule has 0 heterocycles. The van der Waals surface area contributed by atoms with E-state index in [9.17, 15) is 10.1 Å². The predicted molar refractivity (Wildman–Crippen MR) is 107 cm³/mol. The number of amides is 1. The van der Waals surface area contributed by atoms with E-state index in [1.54, 1.807) is 24.3 Å². The summed E-state index contributed by atoms with van der Waals surface area (Å²) in [5, 5.41) is 12.3. The van der Waals surface area contributed by atoms with Crippen molar-refractivity contribution >= 4 is 17.7 Å². The summed E-state index contributed by atoms with van der Waals surface area (Å²) in [5.41, 5.74) is 2.44. The van der Waals surface area contributed by atoms with Gasteiger partial charge in [-0.25, -0.2) is 0 Å². The van der Waals surface area contributed by atoms with Crippen LogP contribution in [0.25, 0.3) is 6.08 Å². The highest BCUT2D eigenvalue weighted by molar-refractivity contribution is 6.10. The molecule has 2 rings (SSSR count). The standard InChI is InChI=1S/C22H24N2O3/c1-4-17-9-7-8-10-19(17)24-22(25)18(15-23)13-16-11-12-20(26-5-2)21(14-16)27-6-3/h7-14H,4-6H2,1-3H3,(H,24,25)/b18-13+. The van der Waals surface area contributed by atoms with E-state index in [-0.39, 0.29) is 5.57 Å². The number of rotatable bonds is 8. The minimum absolute atomic E-state index is 0.0208. The maximum absolute atomic E-state index is 12.5. The number of nitrogens with one attached hydrogen (secondary N) is 1. The van der Waals surface area contributed by atoms with Gasteiger partial charge in [0.2, 0.25) is 0 Å². The number of hydrogen-bond acceptors (Lipinski definition) is 4. The molecule has 0 aliphatic carbocycles. The zero-order valence-corrected chi connectivity index (χ0v) is 15.9. The molecular weight excluding hydrogens is 340 g/mol. The molecule has 5 nitrogen and oxygen atoms in total. The molecule has 27 heavy (non-hydrogen) atoms. The lowest BCUT2D eigenvalue weighted by Gasteiger charge is -2.12. The predicted octanol–water partition coefficient (Wildman–Crippen LogP) is 4.59. The molecule has 2 aromatic carbocycles. The first kappa shape index (κ1) is 20.1. The maximum atomic E-state index is 12.5. The van der Waals surface area contributed by atoms with Crippen molar-refractivity contribution in [3.63, 3.8) is 0 Å². The lowest BCUT2D eigenvalue weighted by Crippen LogP contribution is -2.14. The molecule has 0 atom stereocenters. The molecule has 0 unspecified atom stereocenters. The van der Waals surface area contributed by atoms with E-state index in [4.69, 9.17) is 9.47 Å². The summed E-state index contributed by atoms with van der Waals surface area (Å²) < 4.78 is 11.1. The second kappa shape index (κ2) is 10.0. The quantitative estimate of drug-likeness (QED) is 0.549. The fourth-order valence-electron chi connectivity index (χ4n) is 2.61. The number of nitriles is 1. The Morgan fingerprint density at radius 3 is 2.44 bits per heavy atom. The molecule has 0 aliphatic rings. The lowest BCUT2D eigenvalue weighted by molar-refractivity contribution is -0.112. The molecule has 0 bridgehead atoms. The summed E-state index contributed by atoms with van der Waals surface area (Å²) >= 11 is 0. The molecule has 0 saturated heterocycles. The van der Waals surface area contributed by atoms with Gasteiger partial charge in [-0.2, -0.15) is 5.26 Å². The van der Waals surface area contributed by atoms with Crippen LogP contribution in [0, 0.1) is 11.3 Å². The van der Waals surface area contributed by atoms with Crippen LogP contribution in [-0.4, -0.2) is 19.1 Å². The zero-order chi connectivity index (χ0) is 19.6. The van der Waals surface area contributed by atoms with Crippen LogP contribution < -0.4 is 14.8 Å². The first-order chi connectivity index (χ1) is 13.1. The average molecular weight is 364 g/mol. The first-order valence-electron chi connectivity index (χ1n) is 9.03. The van der Waals surface area contributed by atoms with E-state index in [1.807, 2.05) is 51.1 Å². The molecule has 2 aromatic rings. The van der Waals surface area contributed by atoms with E-state index >= 15 is 0 Å². The summed E-state index contributed by atoms with van der Waals surface area (Å²) in [4.78, 5) is 12.5. The maximum Gasteiger partial charge on any atom is 0.266 e. The van der Waals surface area contributed by atoms with Crippen molar-refractivity contribution in [2.24, 2.45) is 0 Å². The molecule has 0 aliphatic heterocycles. The number of anilines is 1. The highest BCUT2D eigenvalue weighted by Crippen LogP contribution is 2.29. The minimum Gasteiger partial charge on any atom is -0.490 e. The van der Waals surface area contributed by atoms with Gasteiger partial charge in [0.15, 0.2) is 11.5 Å². The summed E-state index contributed by atoms with van der Waals surface area (Å²) in [6.45, 7) is 6.82. The van der Waals surface area contributed by atoms with Gasteiger partial charge in [0.25, 0.3) is 5.91 Å². The Morgan fingerprint density at radius 2 is 1.78 bits per heavy atom. The third-order valence-electron chi connectivity index (χ3n) is 3.89. The molecule has 1 amide bonds. The van der Waals surface area contributed by atoms with Gasteiger partial charge in [-0.15, -0.1) is 0 Å². The van der Waals surface area contributed by atoms with Crippen LogP contribution in [0.4, 0.5) is 5.69 Å². The number of para-hydroxylation sites is 1. The van der Waals surface area contributed by atoms with Gasteiger partial charge in [-0.1, -0.05) is 31.2 Å². The summed E-state index contributed by atoms with van der Waals surface area (Å²) in [7, 11) is 0. The van der Waals surface area contributed by atoms with E-state index in [0.717, 1.165) is 12.0 Å². The van der Waals surface area contributed by atoms with Gasteiger partial charge < -0.3 is 14.8 Å². The van der Waals surface area contributed by atoms with Crippen molar-refractivity contribution in [1.82, 2.24) is 0 Å². The molecule has 0 spiro atoms. The molecule has 5 heteroatoms. The molecule has 0 fully saturated rings. The van der Waals surface area contributed by atoms with Crippen LogP contribution in [0.5, 0.6) is 11.5 Å². The minimum atomic E-state index is -0.440. The van der Waals surface area contributed by atoms with Crippen molar-refractivity contribution < 1.29 is 14.3 Å². The number of benzene rings is 2. The zero-order valence-electron chi connectivity index (χ0n) is 15.9. The van der Waals surface area contributed by atoms with Gasteiger partial charge in [0, 0.05) is 5.69 Å². The van der Waals surface area contributed by atoms with Crippen molar-refractivity contribution in [3.8, 4) is 17.6 Å². The van der Waals surface area contributed by atoms with E-state index in [2.05, 4.69) is 5.32 Å². The smallest absolute Gasteiger partial charge is 0.266 e. The van der Waals surface area contributed by atoms with Crippen LogP contribution in [0.15, 0.2) is 48.0 Å². The highest BCUT2D eigenvalue weighted by Gasteiger charge is 2.12. The monoisotopic (exact) mass is 364 g/mol.